The predicted octanol–water partition coefficient (Wildman–Crippen LogP) is 3.79. The molecule has 0 bridgehead atoms. The molecule has 7 heteroatoms. The average molecular weight is 386 g/mol. The Labute approximate surface area is 139 Å². The first-order chi connectivity index (χ1) is 10.5. The molecule has 1 N–H and O–H groups in total. The second-order valence-electron chi connectivity index (χ2n) is 4.14. The summed E-state index contributed by atoms with van der Waals surface area (Å²) in [6.07, 6.45) is 0. The quantitative estimate of drug-likeness (QED) is 0.626. The van der Waals surface area contributed by atoms with E-state index in [2.05, 4.69) is 15.9 Å². The van der Waals surface area contributed by atoms with E-state index in [0.717, 1.165) is 0 Å². The fourth-order valence-corrected chi connectivity index (χ4v) is 2.41. The standard InChI is InChI=1S/C15H10BrClO5/c16-11-7-9(17)5-6-13(11)21-8-14(18)22-12-4-2-1-3-10(12)15(19)20/h1-7H,8H2,(H,19,20). The molecular weight excluding hydrogens is 376 g/mol. The number of hydrogen-bond donors (Lipinski definition) is 1. The lowest BCUT2D eigenvalue weighted by molar-refractivity contribution is -0.136. The molecule has 0 radical (unpaired) electrons. The lowest BCUT2D eigenvalue weighted by atomic mass is 10.2. The highest BCUT2D eigenvalue weighted by Crippen LogP contribution is 2.28. The zero-order valence-corrected chi connectivity index (χ0v) is 13.4. The lowest BCUT2D eigenvalue weighted by Crippen LogP contribution is -2.19. The Bertz CT molecular complexity index is 717. The first-order valence-electron chi connectivity index (χ1n) is 6.08. The Kier molecular flexibility index (Phi) is 5.41. The van der Waals surface area contributed by atoms with Gasteiger partial charge in [-0.2, -0.15) is 0 Å². The third-order valence-corrected chi connectivity index (χ3v) is 3.44. The van der Waals surface area contributed by atoms with Crippen molar-refractivity contribution >= 4 is 39.5 Å². The number of carboxylic acids is 1. The average Bonchev–Trinajstić information content (AvgIpc) is 2.46. The third-order valence-electron chi connectivity index (χ3n) is 2.58. The van der Waals surface area contributed by atoms with E-state index in [9.17, 15) is 9.59 Å². The first kappa shape index (κ1) is 16.3. The number of halogens is 2. The molecule has 5 nitrogen and oxygen atoms in total. The van der Waals surface area contributed by atoms with Crippen LogP contribution in [0.25, 0.3) is 0 Å². The Balaban J connectivity index is 2.00. The molecule has 0 aliphatic rings. The number of hydrogen-bond acceptors (Lipinski definition) is 4. The highest BCUT2D eigenvalue weighted by atomic mass is 79.9. The number of para-hydroxylation sites is 1. The topological polar surface area (TPSA) is 72.8 Å². The van der Waals surface area contributed by atoms with Gasteiger partial charge in [0.05, 0.1) is 4.47 Å². The summed E-state index contributed by atoms with van der Waals surface area (Å²) in [6.45, 7) is -0.367. The van der Waals surface area contributed by atoms with Crippen LogP contribution in [0.4, 0.5) is 0 Å². The molecule has 0 atom stereocenters. The Morgan fingerprint density at radius 1 is 1.14 bits per heavy atom. The van der Waals surface area contributed by atoms with E-state index in [-0.39, 0.29) is 17.9 Å². The summed E-state index contributed by atoms with van der Waals surface area (Å²) in [5, 5.41) is 9.53. The van der Waals surface area contributed by atoms with Crippen LogP contribution >= 0.6 is 27.5 Å². The van der Waals surface area contributed by atoms with Crippen molar-refractivity contribution in [3.8, 4) is 11.5 Å². The number of carbonyl (C=O) groups is 2. The van der Waals surface area contributed by atoms with Gasteiger partial charge < -0.3 is 14.6 Å². The molecule has 114 valence electrons. The highest BCUT2D eigenvalue weighted by molar-refractivity contribution is 9.10. The Morgan fingerprint density at radius 2 is 1.86 bits per heavy atom. The van der Waals surface area contributed by atoms with Crippen LogP contribution in [-0.4, -0.2) is 23.7 Å². The van der Waals surface area contributed by atoms with Crippen molar-refractivity contribution in [2.75, 3.05) is 6.61 Å². The zero-order chi connectivity index (χ0) is 16.1. The molecule has 2 aromatic rings. The minimum Gasteiger partial charge on any atom is -0.481 e. The van der Waals surface area contributed by atoms with Crippen LogP contribution < -0.4 is 9.47 Å². The summed E-state index contributed by atoms with van der Waals surface area (Å²) in [5.41, 5.74) is -0.0940. The van der Waals surface area contributed by atoms with Gasteiger partial charge in [0, 0.05) is 5.02 Å². The maximum atomic E-state index is 11.8. The van der Waals surface area contributed by atoms with E-state index < -0.39 is 11.9 Å². The third kappa shape index (κ3) is 4.22. The van der Waals surface area contributed by atoms with Gasteiger partial charge in [-0.25, -0.2) is 9.59 Å². The minimum atomic E-state index is -1.18. The van der Waals surface area contributed by atoms with Gasteiger partial charge in [0.1, 0.15) is 17.1 Å². The van der Waals surface area contributed by atoms with E-state index in [1.54, 1.807) is 30.3 Å². The monoisotopic (exact) mass is 384 g/mol. The van der Waals surface area contributed by atoms with Crippen molar-refractivity contribution in [2.45, 2.75) is 0 Å². The largest absolute Gasteiger partial charge is 0.481 e. The van der Waals surface area contributed by atoms with E-state index in [1.807, 2.05) is 0 Å². The molecule has 0 aromatic heterocycles. The van der Waals surface area contributed by atoms with Gasteiger partial charge in [-0.3, -0.25) is 0 Å². The zero-order valence-electron chi connectivity index (χ0n) is 11.1. The molecule has 0 saturated carbocycles. The van der Waals surface area contributed by atoms with Crippen LogP contribution in [0, 0.1) is 0 Å². The molecule has 0 heterocycles. The van der Waals surface area contributed by atoms with Crippen molar-refractivity contribution in [3.05, 3.63) is 57.5 Å². The summed E-state index contributed by atoms with van der Waals surface area (Å²) in [7, 11) is 0. The van der Waals surface area contributed by atoms with E-state index in [4.69, 9.17) is 26.2 Å². The highest BCUT2D eigenvalue weighted by Gasteiger charge is 2.14. The number of benzene rings is 2. The molecule has 0 saturated heterocycles. The number of rotatable bonds is 5. The summed E-state index contributed by atoms with van der Waals surface area (Å²) in [6, 6.07) is 10.7. The lowest BCUT2D eigenvalue weighted by Gasteiger charge is -2.09. The molecule has 0 amide bonds. The van der Waals surface area contributed by atoms with Gasteiger partial charge >= 0.3 is 11.9 Å². The van der Waals surface area contributed by atoms with Gasteiger partial charge in [0.2, 0.25) is 0 Å². The summed E-state index contributed by atoms with van der Waals surface area (Å²) >= 11 is 9.06. The number of carbonyl (C=O) groups excluding carboxylic acids is 1. The number of carboxylic acid groups (broad SMARTS) is 1. The Hall–Kier alpha value is -2.05. The number of ether oxygens (including phenoxy) is 2. The van der Waals surface area contributed by atoms with Crippen molar-refractivity contribution < 1.29 is 24.2 Å². The van der Waals surface area contributed by atoms with Crippen LogP contribution in [0.15, 0.2) is 46.9 Å². The Morgan fingerprint density at radius 3 is 2.55 bits per heavy atom. The molecule has 0 aliphatic heterocycles. The molecule has 0 aliphatic carbocycles. The van der Waals surface area contributed by atoms with Gasteiger partial charge in [0.15, 0.2) is 6.61 Å². The van der Waals surface area contributed by atoms with Gasteiger partial charge in [-0.05, 0) is 46.3 Å². The molecule has 2 rings (SSSR count). The molecule has 0 spiro atoms. The van der Waals surface area contributed by atoms with E-state index in [1.165, 1.54) is 12.1 Å². The minimum absolute atomic E-state index is 0.0289. The fourth-order valence-electron chi connectivity index (χ4n) is 1.61. The molecule has 0 fully saturated rings. The van der Waals surface area contributed by atoms with Gasteiger partial charge in [-0.15, -0.1) is 0 Å². The molecular formula is C15H10BrClO5. The van der Waals surface area contributed by atoms with E-state index in [0.29, 0.717) is 15.2 Å². The van der Waals surface area contributed by atoms with E-state index >= 15 is 0 Å². The SMILES string of the molecule is O=C(COc1ccc(Cl)cc1Br)Oc1ccccc1C(=O)O. The van der Waals surface area contributed by atoms with Crippen molar-refractivity contribution in [2.24, 2.45) is 0 Å². The normalized spacial score (nSPS) is 10.1. The van der Waals surface area contributed by atoms with Crippen LogP contribution in [0.3, 0.4) is 0 Å². The summed E-state index contributed by atoms with van der Waals surface area (Å²) < 4.78 is 10.9. The van der Waals surface area contributed by atoms with Gasteiger partial charge in [-0.1, -0.05) is 23.7 Å². The number of aromatic carboxylic acids is 1. The predicted molar refractivity (Wildman–Crippen MR) is 83.7 cm³/mol. The summed E-state index contributed by atoms with van der Waals surface area (Å²) in [5.74, 6) is -1.49. The molecule has 22 heavy (non-hydrogen) atoms. The van der Waals surface area contributed by atoms with Crippen molar-refractivity contribution in [3.63, 3.8) is 0 Å². The van der Waals surface area contributed by atoms with Crippen molar-refractivity contribution in [1.29, 1.82) is 0 Å². The van der Waals surface area contributed by atoms with Crippen LogP contribution in [-0.2, 0) is 4.79 Å². The van der Waals surface area contributed by atoms with Crippen LogP contribution in [0.2, 0.25) is 5.02 Å². The fraction of sp³-hybridized carbons (Fsp3) is 0.0667. The molecule has 2 aromatic carbocycles. The maximum absolute atomic E-state index is 11.8. The number of esters is 1. The van der Waals surface area contributed by atoms with Crippen LogP contribution in [0.5, 0.6) is 11.5 Å². The van der Waals surface area contributed by atoms with Gasteiger partial charge in [0.25, 0.3) is 0 Å². The van der Waals surface area contributed by atoms with Crippen LogP contribution in [0.1, 0.15) is 10.4 Å². The second-order valence-corrected chi connectivity index (χ2v) is 5.43. The second kappa shape index (κ2) is 7.29. The van der Waals surface area contributed by atoms with Crippen molar-refractivity contribution in [1.82, 2.24) is 0 Å². The first-order valence-corrected chi connectivity index (χ1v) is 7.25. The summed E-state index contributed by atoms with van der Waals surface area (Å²) in [4.78, 5) is 22.8. The molecule has 0 unspecified atom stereocenters. The smallest absolute Gasteiger partial charge is 0.349 e. The maximum Gasteiger partial charge on any atom is 0.349 e.